The Kier molecular flexibility index (Phi) is 5.00. The topological polar surface area (TPSA) is 43.6 Å². The third kappa shape index (κ3) is 4.05. The largest absolute Gasteiger partial charge is 0.216 e. The minimum absolute atomic E-state index is 0.693. The van der Waals surface area contributed by atoms with Gasteiger partial charge in [0.15, 0.2) is 0 Å². The van der Waals surface area contributed by atoms with Gasteiger partial charge in [-0.05, 0) is 21.6 Å². The lowest BCUT2D eigenvalue weighted by atomic mass is 10.2. The van der Waals surface area contributed by atoms with Gasteiger partial charge >= 0.3 is 0 Å². The molecule has 0 amide bonds. The SMILES string of the molecule is C(=Cc1ccccc1)CSc1nnnn1Cc1ccccc1. The maximum Gasteiger partial charge on any atom is 0.209 e. The zero-order chi connectivity index (χ0) is 15.0. The Bertz CT molecular complexity index is 723. The minimum atomic E-state index is 0.693. The van der Waals surface area contributed by atoms with E-state index < -0.39 is 0 Å². The molecule has 0 fully saturated rings. The van der Waals surface area contributed by atoms with Crippen molar-refractivity contribution in [3.8, 4) is 0 Å². The van der Waals surface area contributed by atoms with Gasteiger partial charge in [0.25, 0.3) is 0 Å². The highest BCUT2D eigenvalue weighted by molar-refractivity contribution is 7.99. The van der Waals surface area contributed by atoms with E-state index in [0.29, 0.717) is 6.54 Å². The summed E-state index contributed by atoms with van der Waals surface area (Å²) in [5.74, 6) is 0.837. The molecule has 1 heterocycles. The van der Waals surface area contributed by atoms with Crippen LogP contribution < -0.4 is 0 Å². The summed E-state index contributed by atoms with van der Waals surface area (Å²) >= 11 is 1.63. The van der Waals surface area contributed by atoms with Crippen LogP contribution in [-0.2, 0) is 6.54 Å². The van der Waals surface area contributed by atoms with Crippen LogP contribution in [0.1, 0.15) is 11.1 Å². The Morgan fingerprint density at radius 2 is 1.68 bits per heavy atom. The van der Waals surface area contributed by atoms with Crippen molar-refractivity contribution >= 4 is 17.8 Å². The molecule has 0 saturated carbocycles. The van der Waals surface area contributed by atoms with Gasteiger partial charge in [-0.2, -0.15) is 0 Å². The molecule has 3 rings (SSSR count). The fraction of sp³-hybridized carbons (Fsp3) is 0.118. The maximum absolute atomic E-state index is 4.09. The first kappa shape index (κ1) is 14.5. The number of benzene rings is 2. The molecule has 0 spiro atoms. The molecule has 0 saturated heterocycles. The summed E-state index contributed by atoms with van der Waals surface area (Å²) in [6, 6.07) is 20.5. The normalized spacial score (nSPS) is 11.1. The molecule has 1 aromatic heterocycles. The number of hydrogen-bond acceptors (Lipinski definition) is 4. The van der Waals surface area contributed by atoms with Gasteiger partial charge in [-0.15, -0.1) is 5.10 Å². The van der Waals surface area contributed by atoms with Crippen LogP contribution >= 0.6 is 11.8 Å². The van der Waals surface area contributed by atoms with Gasteiger partial charge in [0, 0.05) is 5.75 Å². The van der Waals surface area contributed by atoms with Crippen molar-refractivity contribution in [3.05, 3.63) is 77.9 Å². The molecule has 22 heavy (non-hydrogen) atoms. The first-order valence-corrected chi connectivity index (χ1v) is 8.05. The second kappa shape index (κ2) is 7.56. The summed E-state index contributed by atoms with van der Waals surface area (Å²) in [7, 11) is 0. The average Bonchev–Trinajstić information content (AvgIpc) is 3.01. The lowest BCUT2D eigenvalue weighted by Crippen LogP contribution is -2.03. The quantitative estimate of drug-likeness (QED) is 0.653. The van der Waals surface area contributed by atoms with Gasteiger partial charge in [-0.1, -0.05) is 84.6 Å². The van der Waals surface area contributed by atoms with Crippen LogP contribution in [0.5, 0.6) is 0 Å². The van der Waals surface area contributed by atoms with Crippen LogP contribution in [0.25, 0.3) is 6.08 Å². The standard InChI is InChI=1S/C17H16N4S/c1-3-8-15(9-4-1)12-7-13-22-17-18-19-20-21(17)14-16-10-5-2-6-11-16/h1-12H,13-14H2. The van der Waals surface area contributed by atoms with Crippen LogP contribution in [0.3, 0.4) is 0 Å². The van der Waals surface area contributed by atoms with E-state index >= 15 is 0 Å². The molecule has 0 N–H and O–H groups in total. The number of rotatable bonds is 6. The lowest BCUT2D eigenvalue weighted by molar-refractivity contribution is 0.603. The fourth-order valence-electron chi connectivity index (χ4n) is 2.03. The van der Waals surface area contributed by atoms with Crippen molar-refractivity contribution < 1.29 is 0 Å². The van der Waals surface area contributed by atoms with Crippen LogP contribution in [-0.4, -0.2) is 26.0 Å². The van der Waals surface area contributed by atoms with Gasteiger partial charge in [0.2, 0.25) is 5.16 Å². The minimum Gasteiger partial charge on any atom is -0.216 e. The molecule has 4 nitrogen and oxygen atoms in total. The number of thioether (sulfide) groups is 1. The van der Waals surface area contributed by atoms with Gasteiger partial charge in [-0.3, -0.25) is 0 Å². The highest BCUT2D eigenvalue weighted by Crippen LogP contribution is 2.15. The number of nitrogens with zero attached hydrogens (tertiary/aromatic N) is 4. The van der Waals surface area contributed by atoms with E-state index in [2.05, 4.69) is 51.9 Å². The predicted molar refractivity (Wildman–Crippen MR) is 89.6 cm³/mol. The van der Waals surface area contributed by atoms with Gasteiger partial charge < -0.3 is 0 Å². The monoisotopic (exact) mass is 308 g/mol. The van der Waals surface area contributed by atoms with Crippen LogP contribution in [0.2, 0.25) is 0 Å². The van der Waals surface area contributed by atoms with Crippen molar-refractivity contribution in [2.75, 3.05) is 5.75 Å². The van der Waals surface area contributed by atoms with E-state index in [9.17, 15) is 0 Å². The van der Waals surface area contributed by atoms with Crippen molar-refractivity contribution in [2.24, 2.45) is 0 Å². The summed E-state index contributed by atoms with van der Waals surface area (Å²) in [6.07, 6.45) is 4.24. The van der Waals surface area contributed by atoms with E-state index in [1.807, 2.05) is 41.1 Å². The highest BCUT2D eigenvalue weighted by Gasteiger charge is 2.06. The zero-order valence-corrected chi connectivity index (χ0v) is 12.9. The Balaban J connectivity index is 1.57. The summed E-state index contributed by atoms with van der Waals surface area (Å²) in [5, 5.41) is 12.8. The van der Waals surface area contributed by atoms with Crippen LogP contribution in [0.15, 0.2) is 71.9 Å². The molecule has 0 bridgehead atoms. The molecule has 110 valence electrons. The van der Waals surface area contributed by atoms with E-state index in [1.54, 1.807) is 11.8 Å². The Labute approximate surface area is 133 Å². The molecule has 0 radical (unpaired) electrons. The van der Waals surface area contributed by atoms with E-state index in [4.69, 9.17) is 0 Å². The third-order valence-electron chi connectivity index (χ3n) is 3.09. The first-order chi connectivity index (χ1) is 10.9. The molecule has 0 aliphatic carbocycles. The van der Waals surface area contributed by atoms with Crippen LogP contribution in [0, 0.1) is 0 Å². The van der Waals surface area contributed by atoms with Crippen molar-refractivity contribution in [3.63, 3.8) is 0 Å². The number of aromatic nitrogens is 4. The summed E-state index contributed by atoms with van der Waals surface area (Å²) in [5.41, 5.74) is 2.39. The van der Waals surface area contributed by atoms with E-state index in [0.717, 1.165) is 10.9 Å². The van der Waals surface area contributed by atoms with Crippen molar-refractivity contribution in [1.29, 1.82) is 0 Å². The maximum atomic E-state index is 4.09. The summed E-state index contributed by atoms with van der Waals surface area (Å²) in [6.45, 7) is 0.693. The third-order valence-corrected chi connectivity index (χ3v) is 4.00. The average molecular weight is 308 g/mol. The molecular weight excluding hydrogens is 292 g/mol. The Morgan fingerprint density at radius 3 is 2.45 bits per heavy atom. The van der Waals surface area contributed by atoms with Crippen molar-refractivity contribution in [1.82, 2.24) is 20.2 Å². The molecule has 0 unspecified atom stereocenters. The zero-order valence-electron chi connectivity index (χ0n) is 12.0. The second-order valence-corrected chi connectivity index (χ2v) is 5.72. The molecule has 5 heteroatoms. The number of hydrogen-bond donors (Lipinski definition) is 0. The van der Waals surface area contributed by atoms with Gasteiger partial charge in [-0.25, -0.2) is 4.68 Å². The summed E-state index contributed by atoms with van der Waals surface area (Å²) in [4.78, 5) is 0. The highest BCUT2D eigenvalue weighted by atomic mass is 32.2. The molecule has 2 aromatic carbocycles. The Hall–Kier alpha value is -2.40. The van der Waals surface area contributed by atoms with E-state index in [1.165, 1.54) is 11.1 Å². The molecule has 0 aliphatic rings. The lowest BCUT2D eigenvalue weighted by Gasteiger charge is -2.03. The molecule has 0 aliphatic heterocycles. The van der Waals surface area contributed by atoms with Gasteiger partial charge in [0.1, 0.15) is 0 Å². The van der Waals surface area contributed by atoms with Crippen molar-refractivity contribution in [2.45, 2.75) is 11.7 Å². The Morgan fingerprint density at radius 1 is 0.955 bits per heavy atom. The van der Waals surface area contributed by atoms with Crippen LogP contribution in [0.4, 0.5) is 0 Å². The smallest absolute Gasteiger partial charge is 0.209 e. The van der Waals surface area contributed by atoms with Gasteiger partial charge in [0.05, 0.1) is 6.54 Å². The molecule has 3 aromatic rings. The second-order valence-electron chi connectivity index (χ2n) is 4.73. The predicted octanol–water partition coefficient (Wildman–Crippen LogP) is 3.53. The summed E-state index contributed by atoms with van der Waals surface area (Å²) < 4.78 is 1.83. The first-order valence-electron chi connectivity index (χ1n) is 7.06. The molecular formula is C17H16N4S. The fourth-order valence-corrected chi connectivity index (χ4v) is 2.71. The number of tetrazole rings is 1. The molecule has 0 atom stereocenters. The van der Waals surface area contributed by atoms with E-state index in [-0.39, 0.29) is 0 Å².